The van der Waals surface area contributed by atoms with E-state index in [1.54, 1.807) is 30.3 Å². The lowest BCUT2D eigenvalue weighted by Crippen LogP contribution is -2.48. The molecule has 7 nitrogen and oxygen atoms in total. The zero-order chi connectivity index (χ0) is 21.5. The SMILES string of the molecule is CC(C)CNC(=O)c1ccccc1NC(=O)CN1CCN(c2ccc(O)cc2)CC1. The number of amides is 2. The quantitative estimate of drug-likeness (QED) is 0.653. The number of anilines is 2. The van der Waals surface area contributed by atoms with E-state index in [2.05, 4.69) is 20.4 Å². The minimum Gasteiger partial charge on any atom is -0.508 e. The second-order valence-corrected chi connectivity index (χ2v) is 7.98. The molecule has 0 bridgehead atoms. The topological polar surface area (TPSA) is 84.9 Å². The van der Waals surface area contributed by atoms with Gasteiger partial charge in [0.05, 0.1) is 17.8 Å². The molecular formula is C23H30N4O3. The summed E-state index contributed by atoms with van der Waals surface area (Å²) >= 11 is 0. The molecule has 3 rings (SSSR count). The number of hydrogen-bond donors (Lipinski definition) is 3. The number of carbonyl (C=O) groups is 2. The second kappa shape index (κ2) is 10.1. The molecule has 0 saturated carbocycles. The van der Waals surface area contributed by atoms with Gasteiger partial charge >= 0.3 is 0 Å². The Kier molecular flexibility index (Phi) is 7.30. The molecule has 1 fully saturated rings. The normalized spacial score (nSPS) is 14.6. The van der Waals surface area contributed by atoms with E-state index in [0.717, 1.165) is 31.9 Å². The Morgan fingerprint density at radius 3 is 2.33 bits per heavy atom. The number of nitrogens with zero attached hydrogens (tertiary/aromatic N) is 2. The van der Waals surface area contributed by atoms with Crippen LogP contribution in [-0.4, -0.2) is 61.1 Å². The maximum Gasteiger partial charge on any atom is 0.253 e. The average molecular weight is 411 g/mol. The van der Waals surface area contributed by atoms with E-state index < -0.39 is 0 Å². The van der Waals surface area contributed by atoms with Crippen LogP contribution in [0.1, 0.15) is 24.2 Å². The first-order valence-electron chi connectivity index (χ1n) is 10.4. The van der Waals surface area contributed by atoms with Gasteiger partial charge in [-0.1, -0.05) is 26.0 Å². The van der Waals surface area contributed by atoms with Crippen molar-refractivity contribution in [3.05, 3.63) is 54.1 Å². The number of para-hydroxylation sites is 1. The van der Waals surface area contributed by atoms with Crippen molar-refractivity contribution >= 4 is 23.2 Å². The first kappa shape index (κ1) is 21.6. The molecule has 2 aromatic rings. The number of rotatable bonds is 7. The summed E-state index contributed by atoms with van der Waals surface area (Å²) in [6.07, 6.45) is 0. The molecule has 30 heavy (non-hydrogen) atoms. The largest absolute Gasteiger partial charge is 0.508 e. The Balaban J connectivity index is 1.52. The van der Waals surface area contributed by atoms with Crippen LogP contribution in [0.4, 0.5) is 11.4 Å². The van der Waals surface area contributed by atoms with Gasteiger partial charge in [0.2, 0.25) is 5.91 Å². The fourth-order valence-corrected chi connectivity index (χ4v) is 3.40. The van der Waals surface area contributed by atoms with Gasteiger partial charge in [-0.25, -0.2) is 0 Å². The molecule has 160 valence electrons. The molecule has 0 aromatic heterocycles. The van der Waals surface area contributed by atoms with Crippen molar-refractivity contribution in [3.8, 4) is 5.75 Å². The molecule has 0 unspecified atom stereocenters. The Bertz CT molecular complexity index is 859. The number of carbonyl (C=O) groups excluding carboxylic acids is 2. The van der Waals surface area contributed by atoms with E-state index in [1.165, 1.54) is 0 Å². The van der Waals surface area contributed by atoms with Crippen LogP contribution < -0.4 is 15.5 Å². The van der Waals surface area contributed by atoms with Crippen molar-refractivity contribution in [1.82, 2.24) is 10.2 Å². The molecule has 0 spiro atoms. The Hall–Kier alpha value is -3.06. The number of hydrogen-bond acceptors (Lipinski definition) is 5. The summed E-state index contributed by atoms with van der Waals surface area (Å²) in [6, 6.07) is 14.3. The zero-order valence-corrected chi connectivity index (χ0v) is 17.6. The Morgan fingerprint density at radius 1 is 1.00 bits per heavy atom. The van der Waals surface area contributed by atoms with Gasteiger partial charge in [0.1, 0.15) is 5.75 Å². The van der Waals surface area contributed by atoms with E-state index in [-0.39, 0.29) is 24.1 Å². The highest BCUT2D eigenvalue weighted by Gasteiger charge is 2.20. The number of phenolic OH excluding ortho intramolecular Hbond substituents is 1. The fraction of sp³-hybridized carbons (Fsp3) is 0.391. The number of piperazine rings is 1. The van der Waals surface area contributed by atoms with Crippen LogP contribution >= 0.6 is 0 Å². The predicted octanol–water partition coefficient (Wildman–Crippen LogP) is 2.54. The van der Waals surface area contributed by atoms with Crippen LogP contribution in [0, 0.1) is 5.92 Å². The third-order valence-electron chi connectivity index (χ3n) is 5.07. The predicted molar refractivity (Wildman–Crippen MR) is 119 cm³/mol. The lowest BCUT2D eigenvalue weighted by molar-refractivity contribution is -0.117. The van der Waals surface area contributed by atoms with Gasteiger partial charge in [0.15, 0.2) is 0 Å². The fourth-order valence-electron chi connectivity index (χ4n) is 3.40. The molecule has 0 aliphatic carbocycles. The van der Waals surface area contributed by atoms with Crippen LogP contribution in [0.2, 0.25) is 0 Å². The summed E-state index contributed by atoms with van der Waals surface area (Å²) in [5, 5.41) is 15.2. The monoisotopic (exact) mass is 410 g/mol. The zero-order valence-electron chi connectivity index (χ0n) is 17.6. The Morgan fingerprint density at radius 2 is 1.67 bits per heavy atom. The second-order valence-electron chi connectivity index (χ2n) is 7.98. The smallest absolute Gasteiger partial charge is 0.253 e. The van der Waals surface area contributed by atoms with Gasteiger partial charge in [0, 0.05) is 38.4 Å². The van der Waals surface area contributed by atoms with Crippen molar-refractivity contribution in [3.63, 3.8) is 0 Å². The van der Waals surface area contributed by atoms with E-state index >= 15 is 0 Å². The van der Waals surface area contributed by atoms with Crippen molar-refractivity contribution in [1.29, 1.82) is 0 Å². The van der Waals surface area contributed by atoms with E-state index in [0.29, 0.717) is 23.7 Å². The summed E-state index contributed by atoms with van der Waals surface area (Å²) in [6.45, 7) is 8.11. The van der Waals surface area contributed by atoms with Gasteiger partial charge < -0.3 is 20.6 Å². The summed E-state index contributed by atoms with van der Waals surface area (Å²) in [5.74, 6) is 0.308. The van der Waals surface area contributed by atoms with Gasteiger partial charge in [-0.3, -0.25) is 14.5 Å². The van der Waals surface area contributed by atoms with E-state index in [4.69, 9.17) is 0 Å². The van der Waals surface area contributed by atoms with Crippen molar-refractivity contribution in [2.45, 2.75) is 13.8 Å². The molecule has 1 aliphatic heterocycles. The lowest BCUT2D eigenvalue weighted by atomic mass is 10.1. The van der Waals surface area contributed by atoms with Gasteiger partial charge in [-0.05, 0) is 42.3 Å². The summed E-state index contributed by atoms with van der Waals surface area (Å²) in [7, 11) is 0. The Labute approximate surface area is 177 Å². The van der Waals surface area contributed by atoms with Gasteiger partial charge in [-0.2, -0.15) is 0 Å². The minimum atomic E-state index is -0.179. The molecule has 0 radical (unpaired) electrons. The summed E-state index contributed by atoms with van der Waals surface area (Å²) in [5.41, 5.74) is 2.08. The van der Waals surface area contributed by atoms with Crippen molar-refractivity contribution in [2.24, 2.45) is 5.92 Å². The maximum atomic E-state index is 12.6. The number of nitrogens with one attached hydrogen (secondary N) is 2. The van der Waals surface area contributed by atoms with Crippen LogP contribution in [0.15, 0.2) is 48.5 Å². The number of phenols is 1. The van der Waals surface area contributed by atoms with E-state index in [9.17, 15) is 14.7 Å². The van der Waals surface area contributed by atoms with Gasteiger partial charge in [-0.15, -0.1) is 0 Å². The minimum absolute atomic E-state index is 0.128. The van der Waals surface area contributed by atoms with Crippen LogP contribution in [0.25, 0.3) is 0 Å². The molecule has 7 heteroatoms. The molecule has 3 N–H and O–H groups in total. The first-order chi connectivity index (χ1) is 14.4. The van der Waals surface area contributed by atoms with Crippen LogP contribution in [0.3, 0.4) is 0 Å². The molecular weight excluding hydrogens is 380 g/mol. The molecule has 1 saturated heterocycles. The number of benzene rings is 2. The third-order valence-corrected chi connectivity index (χ3v) is 5.07. The molecule has 1 aliphatic rings. The number of aromatic hydroxyl groups is 1. The summed E-state index contributed by atoms with van der Waals surface area (Å²) < 4.78 is 0. The highest BCUT2D eigenvalue weighted by Crippen LogP contribution is 2.20. The highest BCUT2D eigenvalue weighted by atomic mass is 16.3. The molecule has 0 atom stereocenters. The molecule has 1 heterocycles. The first-order valence-corrected chi connectivity index (χ1v) is 10.4. The lowest BCUT2D eigenvalue weighted by Gasteiger charge is -2.35. The van der Waals surface area contributed by atoms with E-state index in [1.807, 2.05) is 32.0 Å². The highest BCUT2D eigenvalue weighted by molar-refractivity contribution is 6.04. The van der Waals surface area contributed by atoms with Crippen LogP contribution in [0.5, 0.6) is 5.75 Å². The molecule has 2 amide bonds. The molecule has 2 aromatic carbocycles. The standard InChI is InChI=1S/C23H30N4O3/c1-17(2)15-24-23(30)20-5-3-4-6-21(20)25-22(29)16-26-11-13-27(14-12-26)18-7-9-19(28)10-8-18/h3-10,17,28H,11-16H2,1-2H3,(H,24,30)(H,25,29). The summed E-state index contributed by atoms with van der Waals surface area (Å²) in [4.78, 5) is 29.4. The maximum absolute atomic E-state index is 12.6. The van der Waals surface area contributed by atoms with Crippen LogP contribution in [-0.2, 0) is 4.79 Å². The third kappa shape index (κ3) is 5.97. The van der Waals surface area contributed by atoms with Gasteiger partial charge in [0.25, 0.3) is 5.91 Å². The van der Waals surface area contributed by atoms with Crippen molar-refractivity contribution < 1.29 is 14.7 Å². The van der Waals surface area contributed by atoms with Crippen molar-refractivity contribution in [2.75, 3.05) is 49.5 Å². The average Bonchev–Trinajstić information content (AvgIpc) is 2.73.